The standard InChI is InChI=1S/C2H6P2S4/c1-3(5)7-4(2,6)8-3/h1-2H3. The minimum absolute atomic E-state index is 0.976. The van der Waals surface area contributed by atoms with E-state index >= 15 is 0 Å². The first kappa shape index (κ1) is 8.10. The lowest BCUT2D eigenvalue weighted by molar-refractivity contribution is 2.47. The Morgan fingerprint density at radius 3 is 1.25 bits per heavy atom. The topological polar surface area (TPSA) is 0 Å². The monoisotopic (exact) mass is 220 g/mol. The summed E-state index contributed by atoms with van der Waals surface area (Å²) in [5.74, 6) is 0. The molecule has 0 aromatic heterocycles. The number of hydrogen-bond donors (Lipinski definition) is 0. The lowest BCUT2D eigenvalue weighted by Crippen LogP contribution is -1.74. The van der Waals surface area contributed by atoms with Crippen LogP contribution >= 0.6 is 30.9 Å². The quantitative estimate of drug-likeness (QED) is 0.574. The highest BCUT2D eigenvalue weighted by molar-refractivity contribution is 9.46. The van der Waals surface area contributed by atoms with Gasteiger partial charge in [-0.05, 0) is 13.3 Å². The third kappa shape index (κ3) is 2.00. The van der Waals surface area contributed by atoms with Gasteiger partial charge >= 0.3 is 0 Å². The molecule has 0 bridgehead atoms. The molecule has 0 aromatic carbocycles. The van der Waals surface area contributed by atoms with Crippen molar-refractivity contribution in [1.29, 1.82) is 0 Å². The highest BCUT2D eigenvalue weighted by Gasteiger charge is 2.35. The molecule has 0 N–H and O–H groups in total. The molecule has 0 saturated carbocycles. The van der Waals surface area contributed by atoms with Crippen LogP contribution < -0.4 is 0 Å². The van der Waals surface area contributed by atoms with Crippen LogP contribution in [0.25, 0.3) is 0 Å². The third-order valence-corrected chi connectivity index (χ3v) is 30.4. The predicted molar refractivity (Wildman–Crippen MR) is 55.6 cm³/mol. The molecule has 0 aliphatic carbocycles. The first-order valence-corrected chi connectivity index (χ1v) is 12.5. The van der Waals surface area contributed by atoms with Crippen LogP contribution in [-0.4, -0.2) is 13.3 Å². The Morgan fingerprint density at radius 1 is 1.00 bits per heavy atom. The fraction of sp³-hybridized carbons (Fsp3) is 1.00. The molecule has 0 unspecified atom stereocenters. The van der Waals surface area contributed by atoms with Gasteiger partial charge < -0.3 is 0 Å². The highest BCUT2D eigenvalue weighted by atomic mass is 33.7. The van der Waals surface area contributed by atoms with E-state index in [-0.39, 0.29) is 0 Å². The van der Waals surface area contributed by atoms with Crippen LogP contribution in [0.3, 0.4) is 0 Å². The van der Waals surface area contributed by atoms with Crippen molar-refractivity contribution in [3.8, 4) is 0 Å². The molecule has 1 aliphatic rings. The summed E-state index contributed by atoms with van der Waals surface area (Å²) in [6, 6.07) is 0. The van der Waals surface area contributed by atoms with E-state index in [1.165, 1.54) is 0 Å². The van der Waals surface area contributed by atoms with Gasteiger partial charge in [0, 0.05) is 0 Å². The molecule has 8 heavy (non-hydrogen) atoms. The Hall–Kier alpha value is 2.00. The molecule has 6 heteroatoms. The first-order chi connectivity index (χ1) is 3.41. The van der Waals surface area contributed by atoms with Gasteiger partial charge in [-0.3, -0.25) is 0 Å². The summed E-state index contributed by atoms with van der Waals surface area (Å²) < 4.78 is -1.95. The van der Waals surface area contributed by atoms with Crippen molar-refractivity contribution >= 4 is 54.5 Å². The normalized spacial score (nSPS) is 55.2. The highest BCUT2D eigenvalue weighted by Crippen LogP contribution is 3.02. The molecule has 0 radical (unpaired) electrons. The Balaban J connectivity index is 2.68. The van der Waals surface area contributed by atoms with Gasteiger partial charge in [0.25, 0.3) is 0 Å². The Morgan fingerprint density at radius 2 is 1.25 bits per heavy atom. The Kier molecular flexibility index (Phi) is 2.28. The van der Waals surface area contributed by atoms with Gasteiger partial charge in [-0.15, -0.1) is 0 Å². The van der Waals surface area contributed by atoms with E-state index in [1.54, 1.807) is 0 Å². The van der Waals surface area contributed by atoms with E-state index in [2.05, 4.69) is 13.3 Å². The van der Waals surface area contributed by atoms with Crippen LogP contribution in [0, 0.1) is 0 Å². The minimum Gasteiger partial charge on any atom is -0.0739 e. The smallest absolute Gasteiger partial charge is 0.0654 e. The molecule has 0 amide bonds. The van der Waals surface area contributed by atoms with Crippen molar-refractivity contribution in [2.45, 2.75) is 0 Å². The van der Waals surface area contributed by atoms with Gasteiger partial charge in [-0.25, -0.2) is 0 Å². The van der Waals surface area contributed by atoms with Gasteiger partial charge in [0.15, 0.2) is 0 Å². The van der Waals surface area contributed by atoms with Gasteiger partial charge in [0.05, 0.1) is 8.88 Å². The lowest BCUT2D eigenvalue weighted by atomic mass is 12.0. The zero-order chi connectivity index (χ0) is 6.41. The van der Waals surface area contributed by atoms with Crippen LogP contribution in [-0.2, 0) is 23.6 Å². The van der Waals surface area contributed by atoms with E-state index in [0.29, 0.717) is 0 Å². The van der Waals surface area contributed by atoms with E-state index in [9.17, 15) is 0 Å². The van der Waals surface area contributed by atoms with E-state index in [1.807, 2.05) is 22.0 Å². The molecule has 1 saturated heterocycles. The fourth-order valence-corrected chi connectivity index (χ4v) is 48.5. The Labute approximate surface area is 67.6 Å². The molecule has 0 aromatic rings. The summed E-state index contributed by atoms with van der Waals surface area (Å²) in [6.07, 6.45) is 0. The molecule has 0 nitrogen and oxygen atoms in total. The summed E-state index contributed by atoms with van der Waals surface area (Å²) in [7, 11) is 0. The van der Waals surface area contributed by atoms with Crippen LogP contribution in [0.1, 0.15) is 0 Å². The van der Waals surface area contributed by atoms with Crippen LogP contribution in [0.4, 0.5) is 0 Å². The van der Waals surface area contributed by atoms with Crippen molar-refractivity contribution in [3.63, 3.8) is 0 Å². The van der Waals surface area contributed by atoms with Gasteiger partial charge in [-0.1, -0.05) is 45.6 Å². The second kappa shape index (κ2) is 2.25. The maximum absolute atomic E-state index is 5.22. The summed E-state index contributed by atoms with van der Waals surface area (Å²) >= 11 is 14.2. The second-order valence-electron chi connectivity index (χ2n) is 1.71. The number of hydrogen-bond acceptors (Lipinski definition) is 4. The van der Waals surface area contributed by atoms with Gasteiger partial charge in [-0.2, -0.15) is 0 Å². The molecule has 1 fully saturated rings. The SMILES string of the molecule is CP1(=S)SP(C)(=S)S1. The average Bonchev–Trinajstić information content (AvgIpc) is 1.20. The van der Waals surface area contributed by atoms with Crippen molar-refractivity contribution in [1.82, 2.24) is 0 Å². The van der Waals surface area contributed by atoms with Gasteiger partial charge in [0.2, 0.25) is 0 Å². The maximum Gasteiger partial charge on any atom is 0.0654 e. The summed E-state index contributed by atoms with van der Waals surface area (Å²) in [5, 5.41) is 0. The molecule has 1 rings (SSSR count). The largest absolute Gasteiger partial charge is 0.0739 e. The summed E-state index contributed by atoms with van der Waals surface area (Å²) in [4.78, 5) is 0. The van der Waals surface area contributed by atoms with Crippen molar-refractivity contribution in [3.05, 3.63) is 0 Å². The van der Waals surface area contributed by atoms with Crippen molar-refractivity contribution in [2.75, 3.05) is 13.3 Å². The van der Waals surface area contributed by atoms with Crippen LogP contribution in [0.5, 0.6) is 0 Å². The molecular formula is C2H6P2S4. The lowest BCUT2D eigenvalue weighted by Gasteiger charge is -2.34. The van der Waals surface area contributed by atoms with Crippen molar-refractivity contribution in [2.24, 2.45) is 0 Å². The average molecular weight is 220 g/mol. The Bertz CT molecular complexity index is 162. The van der Waals surface area contributed by atoms with Gasteiger partial charge in [0.1, 0.15) is 0 Å². The zero-order valence-corrected chi connectivity index (χ0v) is 9.58. The molecule has 0 spiro atoms. The first-order valence-electron chi connectivity index (χ1n) is 1.99. The second-order valence-corrected chi connectivity index (χ2v) is 26.3. The van der Waals surface area contributed by atoms with Crippen LogP contribution in [0.2, 0.25) is 0 Å². The third-order valence-electron chi connectivity index (χ3n) is 0.593. The fourth-order valence-electron chi connectivity index (χ4n) is 0.545. The molecule has 1 aliphatic heterocycles. The summed E-state index contributed by atoms with van der Waals surface area (Å²) in [6.45, 7) is 4.32. The number of rotatable bonds is 0. The van der Waals surface area contributed by atoms with Crippen molar-refractivity contribution < 1.29 is 0 Å². The minimum atomic E-state index is -0.976. The van der Waals surface area contributed by atoms with Crippen LogP contribution in [0.15, 0.2) is 0 Å². The maximum atomic E-state index is 5.22. The molecule has 48 valence electrons. The van der Waals surface area contributed by atoms with E-state index < -0.39 is 8.88 Å². The molecule has 0 atom stereocenters. The molecular weight excluding hydrogens is 214 g/mol. The van der Waals surface area contributed by atoms with E-state index in [0.717, 1.165) is 0 Å². The summed E-state index contributed by atoms with van der Waals surface area (Å²) in [5.41, 5.74) is 0. The molecule has 1 heterocycles. The van der Waals surface area contributed by atoms with E-state index in [4.69, 9.17) is 23.6 Å². The predicted octanol–water partition coefficient (Wildman–Crippen LogP) is 3.35. The zero-order valence-electron chi connectivity index (χ0n) is 4.53.